The lowest BCUT2D eigenvalue weighted by Gasteiger charge is -2.35. The largest absolute Gasteiger partial charge is 0.493 e. The van der Waals surface area contributed by atoms with Crippen molar-refractivity contribution in [3.05, 3.63) is 77.7 Å². The van der Waals surface area contributed by atoms with Gasteiger partial charge in [0, 0.05) is 16.5 Å². The van der Waals surface area contributed by atoms with E-state index in [2.05, 4.69) is 10.4 Å². The van der Waals surface area contributed by atoms with E-state index < -0.39 is 37.4 Å². The summed E-state index contributed by atoms with van der Waals surface area (Å²) in [7, 11) is 0.771. The summed E-state index contributed by atoms with van der Waals surface area (Å²) < 4.78 is 26.8. The third kappa shape index (κ3) is 6.03. The van der Waals surface area contributed by atoms with Crippen molar-refractivity contribution in [1.82, 2.24) is 4.98 Å². The zero-order valence-corrected chi connectivity index (χ0v) is 21.9. The maximum atomic E-state index is 13.7. The van der Waals surface area contributed by atoms with Crippen molar-refractivity contribution < 1.29 is 28.5 Å². The molecule has 0 spiro atoms. The van der Waals surface area contributed by atoms with E-state index in [1.165, 1.54) is 26.2 Å². The number of carboxylic acids is 1. The van der Waals surface area contributed by atoms with Gasteiger partial charge in [-0.2, -0.15) is 4.52 Å². The molecule has 0 aliphatic rings. The fraction of sp³-hybridized carbons (Fsp3) is 0.286. The van der Waals surface area contributed by atoms with E-state index in [1.807, 2.05) is 51.1 Å². The number of carboxylic acid groups (broad SMARTS) is 1. The fourth-order valence-electron chi connectivity index (χ4n) is 3.85. The van der Waals surface area contributed by atoms with Gasteiger partial charge in [0.05, 0.1) is 24.6 Å². The number of aliphatic hydroxyl groups excluding tert-OH is 1. The fourth-order valence-corrected chi connectivity index (χ4v) is 3.85. The molecule has 0 amide bonds. The molecule has 3 atom stereocenters. The third-order valence-corrected chi connectivity index (χ3v) is 5.79. The molecular weight excluding hydrogens is 480 g/mol. The van der Waals surface area contributed by atoms with Gasteiger partial charge < -0.3 is 10.2 Å². The Morgan fingerprint density at radius 2 is 1.67 bits per heavy atom. The number of benzene rings is 2. The number of nitrogens with zero attached hydrogens (tertiary/aromatic N) is 1. The molecule has 8 heteroatoms. The first-order valence-corrected chi connectivity index (χ1v) is 11.9. The summed E-state index contributed by atoms with van der Waals surface area (Å²) in [6.07, 6.45) is 4.39. The lowest BCUT2D eigenvalue weighted by Crippen LogP contribution is -2.46. The first-order valence-electron chi connectivity index (χ1n) is 11.1. The second-order valence-corrected chi connectivity index (χ2v) is 9.70. The van der Waals surface area contributed by atoms with Gasteiger partial charge in [-0.15, -0.1) is 6.42 Å². The SMILES string of the molecule is C#CC(C(=O)O)(c1c(-c2ccc(F)cc2)cc(-c2ccccc2)nc1C(C)(C)C)C(C)O.CO[PH+]=O. The van der Waals surface area contributed by atoms with Gasteiger partial charge in [0.15, 0.2) is 5.41 Å². The highest BCUT2D eigenvalue weighted by Crippen LogP contribution is 2.43. The molecule has 0 aliphatic carbocycles. The van der Waals surface area contributed by atoms with Crippen molar-refractivity contribution in [3.8, 4) is 34.7 Å². The van der Waals surface area contributed by atoms with Crippen LogP contribution in [0.5, 0.6) is 0 Å². The van der Waals surface area contributed by atoms with Crippen LogP contribution in [0.4, 0.5) is 4.39 Å². The molecule has 1 aromatic heterocycles. The van der Waals surface area contributed by atoms with Gasteiger partial charge in [0.25, 0.3) is 0 Å². The second-order valence-electron chi connectivity index (χ2n) is 9.12. The van der Waals surface area contributed by atoms with Crippen molar-refractivity contribution in [1.29, 1.82) is 0 Å². The van der Waals surface area contributed by atoms with Crippen LogP contribution >= 0.6 is 8.69 Å². The predicted octanol–water partition coefficient (Wildman–Crippen LogP) is 5.76. The molecule has 3 unspecified atom stereocenters. The average Bonchev–Trinajstić information content (AvgIpc) is 2.85. The molecule has 0 bridgehead atoms. The maximum Gasteiger partial charge on any atom is 0.493 e. The molecule has 0 saturated carbocycles. The van der Waals surface area contributed by atoms with Crippen LogP contribution in [0.2, 0.25) is 0 Å². The summed E-state index contributed by atoms with van der Waals surface area (Å²) in [5.74, 6) is 0.595. The summed E-state index contributed by atoms with van der Waals surface area (Å²) in [5.41, 5.74) is 0.571. The van der Waals surface area contributed by atoms with Crippen LogP contribution in [0.15, 0.2) is 60.7 Å². The standard InChI is InChI=1S/C27H26FNO3.CH4O2P/c1-6-27(17(2)30,25(31)32)23-21(18-12-14-20(28)15-13-18)16-22(19-10-8-7-9-11-19)29-24(23)26(3,4)5;1-3-4-2/h1,7-17,30H,2-5H3,(H,31,32);4H,1H3/q;+1. The molecule has 0 radical (unpaired) electrons. The van der Waals surface area contributed by atoms with Crippen LogP contribution in [-0.4, -0.2) is 34.4 Å². The van der Waals surface area contributed by atoms with Crippen LogP contribution in [0.1, 0.15) is 39.0 Å². The molecular formula is C28H30FNO5P+. The van der Waals surface area contributed by atoms with Crippen molar-refractivity contribution in [2.45, 2.75) is 44.6 Å². The molecule has 0 saturated heterocycles. The lowest BCUT2D eigenvalue weighted by molar-refractivity contribution is -0.145. The van der Waals surface area contributed by atoms with Crippen LogP contribution in [-0.2, 0) is 24.7 Å². The Morgan fingerprint density at radius 3 is 2.08 bits per heavy atom. The van der Waals surface area contributed by atoms with Gasteiger partial charge in [-0.1, -0.05) is 69.2 Å². The Bertz CT molecular complexity index is 1250. The Labute approximate surface area is 212 Å². The van der Waals surface area contributed by atoms with Gasteiger partial charge in [-0.05, 0) is 40.8 Å². The number of rotatable bonds is 6. The number of pyridine rings is 1. The van der Waals surface area contributed by atoms with Crippen LogP contribution in [0.3, 0.4) is 0 Å². The Morgan fingerprint density at radius 1 is 1.11 bits per heavy atom. The van der Waals surface area contributed by atoms with Crippen LogP contribution in [0.25, 0.3) is 22.4 Å². The highest BCUT2D eigenvalue weighted by Gasteiger charge is 2.48. The summed E-state index contributed by atoms with van der Waals surface area (Å²) in [4.78, 5) is 17.4. The summed E-state index contributed by atoms with van der Waals surface area (Å²) in [5, 5.41) is 20.9. The summed E-state index contributed by atoms with van der Waals surface area (Å²) in [6.45, 7) is 7.09. The topological polar surface area (TPSA) is 96.7 Å². The zero-order valence-electron chi connectivity index (χ0n) is 20.9. The maximum absolute atomic E-state index is 13.7. The van der Waals surface area contributed by atoms with E-state index in [0.29, 0.717) is 22.5 Å². The highest BCUT2D eigenvalue weighted by molar-refractivity contribution is 7.17. The minimum atomic E-state index is -2.05. The molecule has 6 nitrogen and oxygen atoms in total. The van der Waals surface area contributed by atoms with E-state index in [-0.39, 0.29) is 5.56 Å². The molecule has 0 aliphatic heterocycles. The predicted molar refractivity (Wildman–Crippen MR) is 140 cm³/mol. The average molecular weight is 511 g/mol. The quantitative estimate of drug-likeness (QED) is 0.323. The van der Waals surface area contributed by atoms with Gasteiger partial charge in [-0.3, -0.25) is 9.78 Å². The third-order valence-electron chi connectivity index (χ3n) is 5.62. The van der Waals surface area contributed by atoms with Crippen molar-refractivity contribution in [2.24, 2.45) is 0 Å². The van der Waals surface area contributed by atoms with Crippen molar-refractivity contribution >= 4 is 14.7 Å². The van der Waals surface area contributed by atoms with Crippen molar-refractivity contribution in [3.63, 3.8) is 0 Å². The van der Waals surface area contributed by atoms with E-state index in [4.69, 9.17) is 16.0 Å². The molecule has 1 heterocycles. The Kier molecular flexibility index (Phi) is 9.61. The molecule has 2 N–H and O–H groups in total. The molecule has 3 aromatic rings. The number of aliphatic carboxylic acids is 1. The number of terminal acetylenes is 1. The summed E-state index contributed by atoms with van der Waals surface area (Å²) in [6, 6.07) is 17.0. The van der Waals surface area contributed by atoms with Gasteiger partial charge in [0.1, 0.15) is 5.82 Å². The Balaban J connectivity index is 0.00000106. The molecule has 2 aromatic carbocycles. The summed E-state index contributed by atoms with van der Waals surface area (Å²) >= 11 is 0. The van der Waals surface area contributed by atoms with Gasteiger partial charge in [0.2, 0.25) is 0 Å². The smallest absolute Gasteiger partial charge is 0.480 e. The van der Waals surface area contributed by atoms with Gasteiger partial charge in [-0.25, -0.2) is 4.39 Å². The van der Waals surface area contributed by atoms with Crippen LogP contribution < -0.4 is 0 Å². The lowest BCUT2D eigenvalue weighted by atomic mass is 9.69. The monoisotopic (exact) mass is 510 g/mol. The normalized spacial score (nSPS) is 13.6. The second kappa shape index (κ2) is 12.0. The van der Waals surface area contributed by atoms with E-state index in [1.54, 1.807) is 18.2 Å². The minimum absolute atomic E-state index is 0.237. The minimum Gasteiger partial charge on any atom is -0.480 e. The number of hydrogen-bond donors (Lipinski definition) is 2. The van der Waals surface area contributed by atoms with E-state index in [0.717, 1.165) is 5.56 Å². The molecule has 3 rings (SSSR count). The van der Waals surface area contributed by atoms with Gasteiger partial charge >= 0.3 is 14.7 Å². The van der Waals surface area contributed by atoms with Crippen LogP contribution in [0, 0.1) is 18.2 Å². The first-order chi connectivity index (χ1) is 16.9. The van der Waals surface area contributed by atoms with E-state index in [9.17, 15) is 19.4 Å². The number of hydrogen-bond acceptors (Lipinski definition) is 5. The number of halogens is 1. The molecule has 188 valence electrons. The first kappa shape index (κ1) is 28.8. The number of aromatic nitrogens is 1. The molecule has 36 heavy (non-hydrogen) atoms. The number of carbonyl (C=O) groups is 1. The number of aliphatic hydroxyl groups is 1. The highest BCUT2D eigenvalue weighted by atomic mass is 31.1. The van der Waals surface area contributed by atoms with Crippen molar-refractivity contribution in [2.75, 3.05) is 7.11 Å². The molecule has 0 fully saturated rings. The Hall–Kier alpha value is -3.43. The zero-order chi connectivity index (χ0) is 27.1. The van der Waals surface area contributed by atoms with E-state index >= 15 is 0 Å².